The number of hydrogen-bond acceptors (Lipinski definition) is 1. The van der Waals surface area contributed by atoms with Crippen molar-refractivity contribution in [2.75, 3.05) is 6.54 Å². The summed E-state index contributed by atoms with van der Waals surface area (Å²) in [7, 11) is 1.98. The van der Waals surface area contributed by atoms with Gasteiger partial charge in [0.05, 0.1) is 5.56 Å². The number of benzene rings is 1. The quantitative estimate of drug-likeness (QED) is 0.745. The first kappa shape index (κ1) is 16.6. The van der Waals surface area contributed by atoms with Crippen molar-refractivity contribution in [3.63, 3.8) is 0 Å². The topological polar surface area (TPSA) is 34.0 Å². The number of hydrogen-bond donors (Lipinski definition) is 1. The number of nitrogens with one attached hydrogen (secondary N) is 1. The highest BCUT2D eigenvalue weighted by Crippen LogP contribution is 2.29. The third-order valence-electron chi connectivity index (χ3n) is 5.02. The Labute approximate surface area is 146 Å². The van der Waals surface area contributed by atoms with E-state index < -0.39 is 0 Å². The van der Waals surface area contributed by atoms with Crippen molar-refractivity contribution in [1.82, 2.24) is 9.88 Å². The molecule has 1 amide bonds. The monoisotopic (exact) mass is 376 g/mol. The average Bonchev–Trinajstić information content (AvgIpc) is 2.72. The molecule has 0 saturated heterocycles. The minimum absolute atomic E-state index is 0.0381. The fraction of sp³-hybridized carbons (Fsp3) is 0.526. The number of amides is 1. The van der Waals surface area contributed by atoms with Gasteiger partial charge in [-0.2, -0.15) is 0 Å². The second-order valence-corrected chi connectivity index (χ2v) is 7.54. The normalized spacial score (nSPS) is 16.4. The zero-order chi connectivity index (χ0) is 16.2. The molecule has 23 heavy (non-hydrogen) atoms. The summed E-state index contributed by atoms with van der Waals surface area (Å²) in [5.41, 5.74) is 1.84. The van der Waals surface area contributed by atoms with Gasteiger partial charge in [0.2, 0.25) is 0 Å². The van der Waals surface area contributed by atoms with Crippen LogP contribution < -0.4 is 5.32 Å². The van der Waals surface area contributed by atoms with Crippen LogP contribution in [0.3, 0.4) is 0 Å². The van der Waals surface area contributed by atoms with Gasteiger partial charge in [0.15, 0.2) is 0 Å². The number of aromatic nitrogens is 1. The summed E-state index contributed by atoms with van der Waals surface area (Å²) in [6.45, 7) is 0.782. The van der Waals surface area contributed by atoms with E-state index in [0.717, 1.165) is 39.8 Å². The molecule has 0 radical (unpaired) electrons. The number of rotatable bonds is 4. The van der Waals surface area contributed by atoms with Gasteiger partial charge in [0.25, 0.3) is 5.91 Å². The molecule has 3 rings (SSSR count). The standard InChI is InChI=1S/C19H25BrN2O/c1-22-13-15(18-16(20)9-6-10-17(18)22)19(23)21-12-11-14-7-4-2-3-5-8-14/h6,9-10,13-14H,2-5,7-8,11-12H2,1H3,(H,21,23). The van der Waals surface area contributed by atoms with Crippen molar-refractivity contribution in [3.05, 3.63) is 34.4 Å². The number of aryl methyl sites for hydroxylation is 1. The first-order valence-corrected chi connectivity index (χ1v) is 9.48. The summed E-state index contributed by atoms with van der Waals surface area (Å²) in [5.74, 6) is 0.827. The summed E-state index contributed by atoms with van der Waals surface area (Å²) >= 11 is 3.58. The molecule has 1 aromatic carbocycles. The maximum absolute atomic E-state index is 12.6. The zero-order valence-electron chi connectivity index (χ0n) is 13.8. The van der Waals surface area contributed by atoms with E-state index in [1.165, 1.54) is 38.5 Å². The highest BCUT2D eigenvalue weighted by atomic mass is 79.9. The van der Waals surface area contributed by atoms with Crippen molar-refractivity contribution in [2.24, 2.45) is 13.0 Å². The van der Waals surface area contributed by atoms with Crippen LogP contribution >= 0.6 is 15.9 Å². The largest absolute Gasteiger partial charge is 0.352 e. The molecule has 1 aliphatic rings. The van der Waals surface area contributed by atoms with Gasteiger partial charge in [0.1, 0.15) is 0 Å². The molecule has 1 aliphatic carbocycles. The first-order valence-electron chi connectivity index (χ1n) is 8.68. The van der Waals surface area contributed by atoms with Gasteiger partial charge in [-0.1, -0.05) is 60.5 Å². The van der Waals surface area contributed by atoms with E-state index in [1.54, 1.807) is 0 Å². The number of carbonyl (C=O) groups is 1. The lowest BCUT2D eigenvalue weighted by atomic mass is 9.97. The molecular weight excluding hydrogens is 352 g/mol. The second-order valence-electron chi connectivity index (χ2n) is 6.69. The second kappa shape index (κ2) is 7.52. The van der Waals surface area contributed by atoms with E-state index in [2.05, 4.69) is 21.2 Å². The van der Waals surface area contributed by atoms with Crippen molar-refractivity contribution in [3.8, 4) is 0 Å². The van der Waals surface area contributed by atoms with E-state index in [1.807, 2.05) is 36.0 Å². The molecule has 1 N–H and O–H groups in total. The van der Waals surface area contributed by atoms with Crippen molar-refractivity contribution >= 4 is 32.7 Å². The molecule has 0 bridgehead atoms. The van der Waals surface area contributed by atoms with Gasteiger partial charge in [-0.05, 0) is 24.5 Å². The van der Waals surface area contributed by atoms with Crippen LogP contribution in [0.1, 0.15) is 55.3 Å². The molecule has 2 aromatic rings. The van der Waals surface area contributed by atoms with Gasteiger partial charge in [-0.15, -0.1) is 0 Å². The molecule has 1 fully saturated rings. The minimum Gasteiger partial charge on any atom is -0.352 e. The van der Waals surface area contributed by atoms with Crippen LogP contribution in [0.5, 0.6) is 0 Å². The fourth-order valence-corrected chi connectivity index (χ4v) is 4.28. The molecule has 0 spiro atoms. The maximum atomic E-state index is 12.6. The summed E-state index contributed by atoms with van der Waals surface area (Å²) in [5, 5.41) is 4.13. The summed E-state index contributed by atoms with van der Waals surface area (Å²) < 4.78 is 2.99. The first-order chi connectivity index (χ1) is 11.2. The molecule has 0 atom stereocenters. The van der Waals surface area contributed by atoms with Crippen molar-refractivity contribution < 1.29 is 4.79 Å². The predicted octanol–water partition coefficient (Wildman–Crippen LogP) is 5.03. The molecule has 0 unspecified atom stereocenters. The van der Waals surface area contributed by atoms with E-state index in [-0.39, 0.29) is 5.91 Å². The Kier molecular flexibility index (Phi) is 5.42. The lowest BCUT2D eigenvalue weighted by Gasteiger charge is -2.14. The van der Waals surface area contributed by atoms with Crippen molar-refractivity contribution in [2.45, 2.75) is 44.9 Å². The molecule has 3 nitrogen and oxygen atoms in total. The molecule has 1 aromatic heterocycles. The molecule has 4 heteroatoms. The van der Waals surface area contributed by atoms with Crippen LogP contribution in [0, 0.1) is 5.92 Å². The predicted molar refractivity (Wildman–Crippen MR) is 98.8 cm³/mol. The van der Waals surface area contributed by atoms with E-state index in [4.69, 9.17) is 0 Å². The Hall–Kier alpha value is -1.29. The SMILES string of the molecule is Cn1cc(C(=O)NCCC2CCCCCC2)c2c(Br)cccc21. The van der Waals surface area contributed by atoms with Gasteiger partial charge in [-0.25, -0.2) is 0 Å². The highest BCUT2D eigenvalue weighted by molar-refractivity contribution is 9.10. The number of carbonyl (C=O) groups excluding carboxylic acids is 1. The Bertz CT molecular complexity index is 684. The van der Waals surface area contributed by atoms with Gasteiger partial charge in [0, 0.05) is 35.2 Å². The van der Waals surface area contributed by atoms with Gasteiger partial charge in [-0.3, -0.25) is 4.79 Å². The molecule has 0 aliphatic heterocycles. The molecular formula is C19H25BrN2O. The number of fused-ring (bicyclic) bond motifs is 1. The Morgan fingerprint density at radius 2 is 2.00 bits per heavy atom. The Balaban J connectivity index is 1.64. The zero-order valence-corrected chi connectivity index (χ0v) is 15.4. The van der Waals surface area contributed by atoms with Crippen molar-refractivity contribution in [1.29, 1.82) is 0 Å². The Morgan fingerprint density at radius 1 is 1.26 bits per heavy atom. The lowest BCUT2D eigenvalue weighted by molar-refractivity contribution is 0.0952. The van der Waals surface area contributed by atoms with Crippen LogP contribution in [0.2, 0.25) is 0 Å². The number of nitrogens with zero attached hydrogens (tertiary/aromatic N) is 1. The van der Waals surface area contributed by atoms with Gasteiger partial charge < -0.3 is 9.88 Å². The third-order valence-corrected chi connectivity index (χ3v) is 5.68. The van der Waals surface area contributed by atoms with Crippen LogP contribution in [-0.4, -0.2) is 17.0 Å². The Morgan fingerprint density at radius 3 is 2.74 bits per heavy atom. The van der Waals surface area contributed by atoms with E-state index in [0.29, 0.717) is 0 Å². The highest BCUT2D eigenvalue weighted by Gasteiger charge is 2.17. The lowest BCUT2D eigenvalue weighted by Crippen LogP contribution is -2.25. The molecule has 1 saturated carbocycles. The maximum Gasteiger partial charge on any atom is 0.253 e. The number of halogens is 1. The van der Waals surface area contributed by atoms with Crippen LogP contribution in [0.25, 0.3) is 10.9 Å². The van der Waals surface area contributed by atoms with Gasteiger partial charge >= 0.3 is 0 Å². The fourth-order valence-electron chi connectivity index (χ4n) is 3.71. The molecule has 124 valence electrons. The summed E-state index contributed by atoms with van der Waals surface area (Å²) in [6, 6.07) is 6.03. The summed E-state index contributed by atoms with van der Waals surface area (Å²) in [4.78, 5) is 12.6. The van der Waals surface area contributed by atoms with E-state index >= 15 is 0 Å². The third kappa shape index (κ3) is 3.79. The smallest absolute Gasteiger partial charge is 0.253 e. The van der Waals surface area contributed by atoms with Crippen LogP contribution in [0.15, 0.2) is 28.9 Å². The molecule has 1 heterocycles. The minimum atomic E-state index is 0.0381. The van der Waals surface area contributed by atoms with Crippen LogP contribution in [0.4, 0.5) is 0 Å². The van der Waals surface area contributed by atoms with Crippen LogP contribution in [-0.2, 0) is 7.05 Å². The summed E-state index contributed by atoms with van der Waals surface area (Å²) in [6.07, 6.45) is 11.2. The average molecular weight is 377 g/mol. The van der Waals surface area contributed by atoms with E-state index in [9.17, 15) is 4.79 Å².